The molecule has 8 heteroatoms. The topological polar surface area (TPSA) is 61.8 Å². The molecule has 1 fully saturated rings. The van der Waals surface area contributed by atoms with E-state index in [9.17, 15) is 4.79 Å². The van der Waals surface area contributed by atoms with Crippen molar-refractivity contribution in [2.45, 2.75) is 90.9 Å². The number of benzene rings is 2. The number of nitrogens with one attached hydrogen (secondary N) is 2. The fourth-order valence-corrected chi connectivity index (χ4v) is 7.93. The zero-order chi connectivity index (χ0) is 28.7. The maximum atomic E-state index is 14.0. The standard InChI is InChI=1S/C33H45N5O2S/c1-6-36-25-17-18-26-28(19-25)37-20-24(22(3)34-33(4,5)35-38(32(36)39)41-7-2)21-40-29-16-12-11-15-27(29)31(37)30(26)23-13-9-8-10-14-23/h11-12,15-19,22-24,34-35H,6-10,13-14,20-21H2,1-5H3/t22?,24-/m0/s1. The second-order valence-corrected chi connectivity index (χ2v) is 13.6. The van der Waals surface area contributed by atoms with Crippen LogP contribution in [0.15, 0.2) is 42.5 Å². The number of carbonyl (C=O) groups is 1. The molecule has 4 bridgehead atoms. The molecular formula is C33H45N5O2S. The fourth-order valence-electron chi connectivity index (χ4n) is 7.17. The first-order valence-corrected chi connectivity index (χ1v) is 16.4. The highest BCUT2D eigenvalue weighted by Gasteiger charge is 2.35. The molecule has 6 rings (SSSR count). The number of rotatable bonds is 4. The molecule has 220 valence electrons. The van der Waals surface area contributed by atoms with E-state index < -0.39 is 5.66 Å². The van der Waals surface area contributed by atoms with Crippen LogP contribution in [0, 0.1) is 5.92 Å². The summed E-state index contributed by atoms with van der Waals surface area (Å²) in [5, 5.41) is 5.14. The number of anilines is 1. The van der Waals surface area contributed by atoms with Crippen LogP contribution in [-0.4, -0.2) is 45.6 Å². The molecule has 3 heterocycles. The highest BCUT2D eigenvalue weighted by atomic mass is 32.2. The summed E-state index contributed by atoms with van der Waals surface area (Å²) in [4.78, 5) is 15.9. The molecule has 1 aromatic heterocycles. The van der Waals surface area contributed by atoms with Crippen LogP contribution in [-0.2, 0) is 6.54 Å². The Balaban J connectivity index is 1.63. The summed E-state index contributed by atoms with van der Waals surface area (Å²) in [7, 11) is 0. The molecule has 2 aromatic carbocycles. The Kier molecular flexibility index (Phi) is 8.00. The van der Waals surface area contributed by atoms with Gasteiger partial charge in [0.25, 0.3) is 0 Å². The molecule has 1 aliphatic carbocycles. The first-order valence-electron chi connectivity index (χ1n) is 15.5. The number of hydrogen-bond acceptors (Lipinski definition) is 5. The fraction of sp³-hybridized carbons (Fsp3) is 0.545. The van der Waals surface area contributed by atoms with E-state index in [1.807, 2.05) is 4.90 Å². The van der Waals surface area contributed by atoms with E-state index in [0.29, 0.717) is 19.1 Å². The van der Waals surface area contributed by atoms with E-state index in [2.05, 4.69) is 92.4 Å². The van der Waals surface area contributed by atoms with Gasteiger partial charge in [-0.2, -0.15) is 4.41 Å². The monoisotopic (exact) mass is 575 g/mol. The Labute approximate surface area is 249 Å². The van der Waals surface area contributed by atoms with E-state index in [0.717, 1.165) is 23.7 Å². The number of ether oxygens (including phenoxy) is 1. The molecule has 7 nitrogen and oxygen atoms in total. The molecule has 2 N–H and O–H groups in total. The van der Waals surface area contributed by atoms with Crippen LogP contribution in [0.1, 0.15) is 78.2 Å². The smallest absolute Gasteiger partial charge is 0.349 e. The van der Waals surface area contributed by atoms with E-state index >= 15 is 0 Å². The summed E-state index contributed by atoms with van der Waals surface area (Å²) >= 11 is 1.50. The van der Waals surface area contributed by atoms with Crippen molar-refractivity contribution < 1.29 is 9.53 Å². The summed E-state index contributed by atoms with van der Waals surface area (Å²) in [6.45, 7) is 12.6. The zero-order valence-electron chi connectivity index (χ0n) is 25.2. The number of nitrogens with zero attached hydrogens (tertiary/aromatic N) is 3. The first kappa shape index (κ1) is 28.4. The van der Waals surface area contributed by atoms with Gasteiger partial charge in [0, 0.05) is 47.4 Å². The van der Waals surface area contributed by atoms with Crippen LogP contribution < -0.4 is 20.4 Å². The predicted octanol–water partition coefficient (Wildman–Crippen LogP) is 7.51. The van der Waals surface area contributed by atoms with Gasteiger partial charge in [-0.25, -0.2) is 10.2 Å². The number of hydrogen-bond donors (Lipinski definition) is 2. The number of para-hydroxylation sites is 1. The molecule has 1 saturated carbocycles. The maximum absolute atomic E-state index is 14.0. The third-order valence-corrected chi connectivity index (χ3v) is 9.84. The molecule has 2 atom stereocenters. The molecule has 0 saturated heterocycles. The number of amides is 2. The maximum Gasteiger partial charge on any atom is 0.349 e. The first-order chi connectivity index (χ1) is 19.8. The Bertz CT molecular complexity index is 1410. The Hall–Kier alpha value is -2.68. The molecule has 1 unspecified atom stereocenters. The van der Waals surface area contributed by atoms with Gasteiger partial charge in [0.2, 0.25) is 0 Å². The third-order valence-electron chi connectivity index (χ3n) is 9.08. The van der Waals surface area contributed by atoms with Gasteiger partial charge in [0.1, 0.15) is 5.75 Å². The Morgan fingerprint density at radius 3 is 2.61 bits per heavy atom. The average Bonchev–Trinajstić information content (AvgIpc) is 3.26. The molecule has 2 amide bonds. The number of carbonyl (C=O) groups excluding carboxylic acids is 1. The van der Waals surface area contributed by atoms with Crippen molar-refractivity contribution in [1.82, 2.24) is 19.7 Å². The average molecular weight is 576 g/mol. The van der Waals surface area contributed by atoms with E-state index in [1.54, 1.807) is 4.41 Å². The van der Waals surface area contributed by atoms with Gasteiger partial charge >= 0.3 is 6.03 Å². The van der Waals surface area contributed by atoms with Gasteiger partial charge in [0.05, 0.1) is 23.5 Å². The number of urea groups is 1. The van der Waals surface area contributed by atoms with E-state index in [1.165, 1.54) is 71.8 Å². The highest BCUT2D eigenvalue weighted by Crippen LogP contribution is 2.48. The largest absolute Gasteiger partial charge is 0.492 e. The number of fused-ring (bicyclic) bond motifs is 4. The van der Waals surface area contributed by atoms with Crippen LogP contribution >= 0.6 is 11.9 Å². The molecular weight excluding hydrogens is 530 g/mol. The SMILES string of the molecule is CCSN1NC(C)(C)NC(C)[C@@H]2COc3ccccc3-c3c(C4CCCCC4)c4ccc(cc4n3C2)N(CC)C1=O. The Morgan fingerprint density at radius 2 is 1.85 bits per heavy atom. The van der Waals surface area contributed by atoms with Gasteiger partial charge in [0.15, 0.2) is 0 Å². The minimum absolute atomic E-state index is 0.0548. The molecule has 2 aliphatic heterocycles. The van der Waals surface area contributed by atoms with E-state index in [-0.39, 0.29) is 18.0 Å². The normalized spacial score (nSPS) is 23.4. The van der Waals surface area contributed by atoms with Gasteiger partial charge in [-0.05, 0) is 88.2 Å². The summed E-state index contributed by atoms with van der Waals surface area (Å²) < 4.78 is 10.9. The lowest BCUT2D eigenvalue weighted by atomic mass is 9.81. The molecule has 3 aliphatic rings. The predicted molar refractivity (Wildman–Crippen MR) is 170 cm³/mol. The van der Waals surface area contributed by atoms with Crippen LogP contribution in [0.2, 0.25) is 0 Å². The van der Waals surface area contributed by atoms with Gasteiger partial charge in [-0.15, -0.1) is 0 Å². The summed E-state index contributed by atoms with van der Waals surface area (Å²) in [6.07, 6.45) is 6.33. The van der Waals surface area contributed by atoms with Gasteiger partial charge in [-0.3, -0.25) is 10.2 Å². The lowest BCUT2D eigenvalue weighted by Crippen LogP contribution is -2.63. The van der Waals surface area contributed by atoms with Gasteiger partial charge < -0.3 is 9.30 Å². The van der Waals surface area contributed by atoms with Crippen molar-refractivity contribution in [3.8, 4) is 17.0 Å². The van der Waals surface area contributed by atoms with Crippen LogP contribution in [0.3, 0.4) is 0 Å². The zero-order valence-corrected chi connectivity index (χ0v) is 26.0. The molecule has 0 spiro atoms. The quantitative estimate of drug-likeness (QED) is 0.315. The number of aromatic nitrogens is 1. The summed E-state index contributed by atoms with van der Waals surface area (Å²) in [5.41, 5.74) is 9.10. The second-order valence-electron chi connectivity index (χ2n) is 12.4. The van der Waals surface area contributed by atoms with Crippen molar-refractivity contribution in [2.24, 2.45) is 5.92 Å². The van der Waals surface area contributed by atoms with Crippen molar-refractivity contribution in [3.05, 3.63) is 48.0 Å². The lowest BCUT2D eigenvalue weighted by molar-refractivity contribution is 0.137. The summed E-state index contributed by atoms with van der Waals surface area (Å²) in [6, 6.07) is 15.4. The van der Waals surface area contributed by atoms with Crippen molar-refractivity contribution in [1.29, 1.82) is 0 Å². The number of hydrazine groups is 1. The van der Waals surface area contributed by atoms with Crippen LogP contribution in [0.25, 0.3) is 22.2 Å². The summed E-state index contributed by atoms with van der Waals surface area (Å²) in [5.74, 6) is 2.49. The van der Waals surface area contributed by atoms with Gasteiger partial charge in [-0.1, -0.05) is 44.4 Å². The lowest BCUT2D eigenvalue weighted by Gasteiger charge is -2.39. The third kappa shape index (κ3) is 5.35. The Morgan fingerprint density at radius 1 is 1.07 bits per heavy atom. The molecule has 41 heavy (non-hydrogen) atoms. The minimum atomic E-state index is -0.522. The van der Waals surface area contributed by atoms with Crippen LogP contribution in [0.4, 0.5) is 10.5 Å². The molecule has 3 aromatic rings. The van der Waals surface area contributed by atoms with Crippen molar-refractivity contribution in [3.63, 3.8) is 0 Å². The highest BCUT2D eigenvalue weighted by molar-refractivity contribution is 7.97. The minimum Gasteiger partial charge on any atom is -0.492 e. The van der Waals surface area contributed by atoms with Crippen molar-refractivity contribution >= 4 is 34.6 Å². The van der Waals surface area contributed by atoms with Crippen LogP contribution in [0.5, 0.6) is 5.75 Å². The molecule has 0 radical (unpaired) electrons. The second kappa shape index (κ2) is 11.5. The van der Waals surface area contributed by atoms with E-state index in [4.69, 9.17) is 4.74 Å². The van der Waals surface area contributed by atoms with Crippen molar-refractivity contribution in [2.75, 3.05) is 23.8 Å².